The third-order valence-electron chi connectivity index (χ3n) is 2.91. The molecule has 0 saturated carbocycles. The van der Waals surface area contributed by atoms with Crippen LogP contribution in [0.2, 0.25) is 0 Å². The molecule has 1 aliphatic rings. The van der Waals surface area contributed by atoms with E-state index in [0.29, 0.717) is 24.6 Å². The van der Waals surface area contributed by atoms with Crippen LogP contribution >= 0.6 is 0 Å². The second-order valence-electron chi connectivity index (χ2n) is 4.01. The maximum absolute atomic E-state index is 11.8. The zero-order chi connectivity index (χ0) is 13.2. The molecule has 0 radical (unpaired) electrons. The lowest BCUT2D eigenvalue weighted by Crippen LogP contribution is -2.31. The van der Waals surface area contributed by atoms with E-state index < -0.39 is 10.0 Å². The summed E-state index contributed by atoms with van der Waals surface area (Å²) in [6.07, 6.45) is 0. The van der Waals surface area contributed by atoms with E-state index in [0.717, 1.165) is 5.56 Å². The van der Waals surface area contributed by atoms with Gasteiger partial charge in [-0.1, -0.05) is 13.0 Å². The Kier molecular flexibility index (Phi) is 3.77. The monoisotopic (exact) mass is 271 g/mol. The number of fused-ring (bicyclic) bond motifs is 1. The molecule has 0 amide bonds. The number of hydrogen-bond donors (Lipinski definition) is 0. The smallest absolute Gasteiger partial charge is 0.231 e. The van der Waals surface area contributed by atoms with Crippen molar-refractivity contribution in [3.8, 4) is 11.5 Å². The largest absolute Gasteiger partial charge is 0.454 e. The summed E-state index contributed by atoms with van der Waals surface area (Å²) in [4.78, 5) is 0. The molecule has 1 heterocycles. The highest BCUT2D eigenvalue weighted by atomic mass is 32.2. The van der Waals surface area contributed by atoms with Crippen LogP contribution in [0.1, 0.15) is 19.4 Å². The molecule has 0 aliphatic carbocycles. The second kappa shape index (κ2) is 5.16. The molecule has 1 aromatic rings. The minimum absolute atomic E-state index is 0.116. The third kappa shape index (κ3) is 2.59. The van der Waals surface area contributed by atoms with Gasteiger partial charge in [-0.2, -0.15) is 4.31 Å². The van der Waals surface area contributed by atoms with Gasteiger partial charge in [-0.3, -0.25) is 0 Å². The number of ether oxygens (including phenoxy) is 2. The fourth-order valence-corrected chi connectivity index (χ4v) is 2.94. The molecule has 6 heteroatoms. The molecule has 0 atom stereocenters. The van der Waals surface area contributed by atoms with Gasteiger partial charge in [0.25, 0.3) is 0 Å². The molecule has 5 nitrogen and oxygen atoms in total. The molecular weight excluding hydrogens is 254 g/mol. The SMILES string of the molecule is CCN(Cc1ccc2c(c1)OCO2)S(=O)(=O)CC. The van der Waals surface area contributed by atoms with Crippen molar-refractivity contribution in [1.29, 1.82) is 0 Å². The Morgan fingerprint density at radius 1 is 1.22 bits per heavy atom. The lowest BCUT2D eigenvalue weighted by molar-refractivity contribution is 0.174. The number of nitrogens with zero attached hydrogens (tertiary/aromatic N) is 1. The van der Waals surface area contributed by atoms with Crippen molar-refractivity contribution in [2.24, 2.45) is 0 Å². The van der Waals surface area contributed by atoms with Crippen molar-refractivity contribution in [3.63, 3.8) is 0 Å². The van der Waals surface area contributed by atoms with E-state index in [1.54, 1.807) is 6.92 Å². The molecule has 0 N–H and O–H groups in total. The normalized spacial score (nSPS) is 14.2. The summed E-state index contributed by atoms with van der Waals surface area (Å²) >= 11 is 0. The maximum atomic E-state index is 11.8. The molecule has 0 fully saturated rings. The van der Waals surface area contributed by atoms with Crippen molar-refractivity contribution < 1.29 is 17.9 Å². The summed E-state index contributed by atoms with van der Waals surface area (Å²) in [7, 11) is -3.16. The molecule has 100 valence electrons. The van der Waals surface area contributed by atoms with Crippen molar-refractivity contribution in [2.75, 3.05) is 19.1 Å². The van der Waals surface area contributed by atoms with Crippen molar-refractivity contribution in [3.05, 3.63) is 23.8 Å². The van der Waals surface area contributed by atoms with Gasteiger partial charge in [0.1, 0.15) is 0 Å². The van der Waals surface area contributed by atoms with Crippen LogP contribution in [0.5, 0.6) is 11.5 Å². The van der Waals surface area contributed by atoms with E-state index >= 15 is 0 Å². The third-order valence-corrected chi connectivity index (χ3v) is 4.81. The van der Waals surface area contributed by atoms with E-state index in [9.17, 15) is 8.42 Å². The van der Waals surface area contributed by atoms with Crippen LogP contribution in [0.4, 0.5) is 0 Å². The number of rotatable bonds is 5. The molecule has 0 unspecified atom stereocenters. The van der Waals surface area contributed by atoms with Gasteiger partial charge in [0.2, 0.25) is 16.8 Å². The quantitative estimate of drug-likeness (QED) is 0.816. The molecule has 1 aliphatic heterocycles. The summed E-state index contributed by atoms with van der Waals surface area (Å²) in [6, 6.07) is 5.50. The van der Waals surface area contributed by atoms with Crippen LogP contribution < -0.4 is 9.47 Å². The molecule has 0 spiro atoms. The van der Waals surface area contributed by atoms with Gasteiger partial charge in [-0.05, 0) is 24.6 Å². The van der Waals surface area contributed by atoms with E-state index in [1.165, 1.54) is 4.31 Å². The Morgan fingerprint density at radius 2 is 1.94 bits per heavy atom. The highest BCUT2D eigenvalue weighted by molar-refractivity contribution is 7.89. The Labute approximate surface area is 107 Å². The average Bonchev–Trinajstić information content (AvgIpc) is 2.83. The van der Waals surface area contributed by atoms with Gasteiger partial charge in [-0.15, -0.1) is 0 Å². The predicted octanol–water partition coefficient (Wildman–Crippen LogP) is 1.59. The van der Waals surface area contributed by atoms with E-state index in [-0.39, 0.29) is 12.5 Å². The highest BCUT2D eigenvalue weighted by Gasteiger charge is 2.20. The van der Waals surface area contributed by atoms with Crippen LogP contribution in [-0.4, -0.2) is 31.8 Å². The van der Waals surface area contributed by atoms with Crippen LogP contribution in [0.15, 0.2) is 18.2 Å². The van der Waals surface area contributed by atoms with Crippen molar-refractivity contribution in [1.82, 2.24) is 4.31 Å². The fourth-order valence-electron chi connectivity index (χ4n) is 1.83. The summed E-state index contributed by atoms with van der Waals surface area (Å²) in [5.74, 6) is 1.50. The van der Waals surface area contributed by atoms with E-state index in [2.05, 4.69) is 0 Å². The Balaban J connectivity index is 2.18. The van der Waals surface area contributed by atoms with Gasteiger partial charge in [0.15, 0.2) is 11.5 Å². The Bertz CT molecular complexity index is 527. The summed E-state index contributed by atoms with van der Waals surface area (Å²) in [5.41, 5.74) is 0.901. The standard InChI is InChI=1S/C12H17NO4S/c1-3-13(18(14,15)4-2)8-10-5-6-11-12(7-10)17-9-16-11/h5-7H,3-4,8-9H2,1-2H3. The zero-order valence-electron chi connectivity index (χ0n) is 10.5. The second-order valence-corrected chi connectivity index (χ2v) is 6.27. The predicted molar refractivity (Wildman–Crippen MR) is 68.1 cm³/mol. The van der Waals surface area contributed by atoms with Crippen LogP contribution in [0.3, 0.4) is 0 Å². The zero-order valence-corrected chi connectivity index (χ0v) is 11.4. The highest BCUT2D eigenvalue weighted by Crippen LogP contribution is 2.32. The first kappa shape index (κ1) is 13.2. The van der Waals surface area contributed by atoms with Gasteiger partial charge in [-0.25, -0.2) is 8.42 Å². The lowest BCUT2D eigenvalue weighted by Gasteiger charge is -2.19. The molecule has 0 bridgehead atoms. The summed E-state index contributed by atoms with van der Waals surface area (Å²) in [6.45, 7) is 4.54. The number of benzene rings is 1. The van der Waals surface area contributed by atoms with Crippen LogP contribution in [0.25, 0.3) is 0 Å². The summed E-state index contributed by atoms with van der Waals surface area (Å²) in [5, 5.41) is 0. The fraction of sp³-hybridized carbons (Fsp3) is 0.500. The topological polar surface area (TPSA) is 55.8 Å². The van der Waals surface area contributed by atoms with Gasteiger partial charge < -0.3 is 9.47 Å². The number of hydrogen-bond acceptors (Lipinski definition) is 4. The summed E-state index contributed by atoms with van der Waals surface area (Å²) < 4.78 is 35.6. The minimum Gasteiger partial charge on any atom is -0.454 e. The van der Waals surface area contributed by atoms with Gasteiger partial charge >= 0.3 is 0 Å². The first-order valence-corrected chi connectivity index (χ1v) is 7.54. The van der Waals surface area contributed by atoms with Crippen LogP contribution in [0, 0.1) is 0 Å². The molecule has 0 saturated heterocycles. The van der Waals surface area contributed by atoms with Gasteiger partial charge in [0.05, 0.1) is 5.75 Å². The molecule has 1 aromatic carbocycles. The Morgan fingerprint density at radius 3 is 2.61 bits per heavy atom. The van der Waals surface area contributed by atoms with Crippen molar-refractivity contribution >= 4 is 10.0 Å². The maximum Gasteiger partial charge on any atom is 0.231 e. The Hall–Kier alpha value is -1.27. The first-order valence-electron chi connectivity index (χ1n) is 5.93. The van der Waals surface area contributed by atoms with Gasteiger partial charge in [0, 0.05) is 13.1 Å². The molecule has 18 heavy (non-hydrogen) atoms. The molecule has 2 rings (SSSR count). The lowest BCUT2D eigenvalue weighted by atomic mass is 10.2. The molecule has 0 aromatic heterocycles. The van der Waals surface area contributed by atoms with Crippen molar-refractivity contribution in [2.45, 2.75) is 20.4 Å². The van der Waals surface area contributed by atoms with E-state index in [1.807, 2.05) is 25.1 Å². The number of sulfonamides is 1. The minimum atomic E-state index is -3.16. The molecular formula is C12H17NO4S. The van der Waals surface area contributed by atoms with E-state index in [4.69, 9.17) is 9.47 Å². The van der Waals surface area contributed by atoms with Crippen LogP contribution in [-0.2, 0) is 16.6 Å². The average molecular weight is 271 g/mol. The first-order chi connectivity index (χ1) is 8.56.